The summed E-state index contributed by atoms with van der Waals surface area (Å²) in [6.45, 7) is 6.49. The Kier molecular flexibility index (Phi) is 7.24. The Bertz CT molecular complexity index is 616. The molecule has 2 heterocycles. The van der Waals surface area contributed by atoms with Gasteiger partial charge < -0.3 is 20.2 Å². The molecule has 0 aromatic heterocycles. The predicted octanol–water partition coefficient (Wildman–Crippen LogP) is 1.46. The van der Waals surface area contributed by atoms with E-state index in [1.807, 2.05) is 35.2 Å². The molecule has 0 radical (unpaired) electrons. The Morgan fingerprint density at radius 2 is 1.81 bits per heavy atom. The zero-order valence-corrected chi connectivity index (χ0v) is 16.0. The van der Waals surface area contributed by atoms with Crippen LogP contribution in [0.3, 0.4) is 0 Å². The van der Waals surface area contributed by atoms with Gasteiger partial charge in [-0.2, -0.15) is 0 Å². The van der Waals surface area contributed by atoms with Crippen LogP contribution in [0.25, 0.3) is 0 Å². The quantitative estimate of drug-likeness (QED) is 0.757. The number of aliphatic carboxylic acids is 1. The summed E-state index contributed by atoms with van der Waals surface area (Å²) >= 11 is 0. The molecule has 0 saturated carbocycles. The van der Waals surface area contributed by atoms with Crippen LogP contribution in [-0.4, -0.2) is 72.6 Å². The minimum absolute atomic E-state index is 0.155. The van der Waals surface area contributed by atoms with E-state index in [0.29, 0.717) is 19.5 Å². The van der Waals surface area contributed by atoms with Crippen molar-refractivity contribution in [2.45, 2.75) is 25.7 Å². The number of hydrogen-bond donors (Lipinski definition) is 2. The van der Waals surface area contributed by atoms with Gasteiger partial charge in [-0.1, -0.05) is 30.3 Å². The average molecular weight is 373 g/mol. The second kappa shape index (κ2) is 9.85. The molecule has 0 bridgehead atoms. The first-order chi connectivity index (χ1) is 13.1. The number of nitrogens with one attached hydrogen (secondary N) is 1. The van der Waals surface area contributed by atoms with Crippen molar-refractivity contribution in [2.75, 3.05) is 45.8 Å². The molecule has 0 unspecified atom stereocenters. The number of carbonyl (C=O) groups is 2. The van der Waals surface area contributed by atoms with Gasteiger partial charge in [0, 0.05) is 45.7 Å². The van der Waals surface area contributed by atoms with Crippen LogP contribution in [0, 0.1) is 11.8 Å². The molecule has 1 amide bonds. The van der Waals surface area contributed by atoms with E-state index in [9.17, 15) is 14.7 Å². The Hall–Kier alpha value is -1.92. The van der Waals surface area contributed by atoms with Crippen LogP contribution < -0.4 is 5.32 Å². The monoisotopic (exact) mass is 373 g/mol. The molecular formula is C21H31N3O3. The lowest BCUT2D eigenvalue weighted by molar-refractivity contribution is -0.139. The van der Waals surface area contributed by atoms with Crippen molar-refractivity contribution in [3.05, 3.63) is 35.9 Å². The maximum Gasteiger partial charge on any atom is 0.303 e. The lowest BCUT2D eigenvalue weighted by Crippen LogP contribution is -2.47. The SMILES string of the molecule is O=C(O)C[C@@H]1CCN(C(=O)Cc2ccccc2)C[C@@H]1CCN1CCNCC1. The third-order valence-electron chi connectivity index (χ3n) is 5.90. The Morgan fingerprint density at radius 3 is 2.52 bits per heavy atom. The molecule has 6 nitrogen and oxygen atoms in total. The number of carboxylic acid groups (broad SMARTS) is 1. The van der Waals surface area contributed by atoms with Crippen LogP contribution in [0.5, 0.6) is 0 Å². The standard InChI is InChI=1S/C21H31N3O3/c25-20(14-17-4-2-1-3-5-17)24-11-7-18(15-21(26)27)19(16-24)6-10-23-12-8-22-9-13-23/h1-5,18-19,22H,6-16H2,(H,26,27)/t18-,19-/m0/s1. The van der Waals surface area contributed by atoms with Crippen LogP contribution in [0.15, 0.2) is 30.3 Å². The maximum absolute atomic E-state index is 12.7. The number of amides is 1. The number of likely N-dealkylation sites (tertiary alicyclic amines) is 1. The normalized spacial score (nSPS) is 23.9. The van der Waals surface area contributed by atoms with Crippen LogP contribution in [0.4, 0.5) is 0 Å². The van der Waals surface area contributed by atoms with Gasteiger partial charge in [0.15, 0.2) is 0 Å². The van der Waals surface area contributed by atoms with Crippen molar-refractivity contribution in [3.63, 3.8) is 0 Å². The third kappa shape index (κ3) is 6.04. The number of nitrogens with zero attached hydrogens (tertiary/aromatic N) is 2. The topological polar surface area (TPSA) is 72.9 Å². The molecule has 2 atom stereocenters. The van der Waals surface area contributed by atoms with Gasteiger partial charge in [0.1, 0.15) is 0 Å². The van der Waals surface area contributed by atoms with Crippen LogP contribution in [0.2, 0.25) is 0 Å². The summed E-state index contributed by atoms with van der Waals surface area (Å²) in [5.41, 5.74) is 1.03. The highest BCUT2D eigenvalue weighted by Gasteiger charge is 2.32. The molecule has 2 aliphatic heterocycles. The summed E-state index contributed by atoms with van der Waals surface area (Å²) in [7, 11) is 0. The first kappa shape index (κ1) is 19.8. The first-order valence-corrected chi connectivity index (χ1v) is 10.1. The summed E-state index contributed by atoms with van der Waals surface area (Å²) in [6, 6.07) is 9.83. The number of hydrogen-bond acceptors (Lipinski definition) is 4. The van der Waals surface area contributed by atoms with E-state index in [1.165, 1.54) is 0 Å². The van der Waals surface area contributed by atoms with Gasteiger partial charge in [0.05, 0.1) is 6.42 Å². The van der Waals surface area contributed by atoms with E-state index < -0.39 is 5.97 Å². The molecule has 1 aromatic carbocycles. The molecule has 2 fully saturated rings. The van der Waals surface area contributed by atoms with Crippen LogP contribution in [-0.2, 0) is 16.0 Å². The van der Waals surface area contributed by atoms with E-state index in [-0.39, 0.29) is 24.2 Å². The number of piperidine rings is 1. The number of rotatable bonds is 7. The molecule has 2 N–H and O–H groups in total. The first-order valence-electron chi connectivity index (χ1n) is 10.1. The van der Waals surface area contributed by atoms with Crippen molar-refractivity contribution in [1.82, 2.24) is 15.1 Å². The number of carboxylic acids is 1. The molecule has 0 aliphatic carbocycles. The highest BCUT2D eigenvalue weighted by molar-refractivity contribution is 5.79. The van der Waals surface area contributed by atoms with Gasteiger partial charge in [-0.05, 0) is 36.8 Å². The highest BCUT2D eigenvalue weighted by Crippen LogP contribution is 2.30. The van der Waals surface area contributed by atoms with Crippen molar-refractivity contribution in [2.24, 2.45) is 11.8 Å². The minimum atomic E-state index is -0.726. The Labute approximate surface area is 161 Å². The lowest BCUT2D eigenvalue weighted by Gasteiger charge is -2.39. The van der Waals surface area contributed by atoms with E-state index in [1.54, 1.807) is 0 Å². The molecular weight excluding hydrogens is 342 g/mol. The summed E-state index contributed by atoms with van der Waals surface area (Å²) in [5, 5.41) is 12.6. The fraction of sp³-hybridized carbons (Fsp3) is 0.619. The van der Waals surface area contributed by atoms with E-state index >= 15 is 0 Å². The molecule has 0 spiro atoms. The molecule has 2 saturated heterocycles. The number of carbonyl (C=O) groups excluding carboxylic acids is 1. The summed E-state index contributed by atoms with van der Waals surface area (Å²) < 4.78 is 0. The molecule has 6 heteroatoms. The zero-order chi connectivity index (χ0) is 19.1. The van der Waals surface area contributed by atoms with Gasteiger partial charge in [0.2, 0.25) is 5.91 Å². The number of piperazine rings is 1. The van der Waals surface area contributed by atoms with Crippen LogP contribution in [0.1, 0.15) is 24.8 Å². The smallest absolute Gasteiger partial charge is 0.303 e. The number of benzene rings is 1. The van der Waals surface area contributed by atoms with E-state index in [4.69, 9.17) is 0 Å². The predicted molar refractivity (Wildman–Crippen MR) is 105 cm³/mol. The Balaban J connectivity index is 1.57. The summed E-state index contributed by atoms with van der Waals surface area (Å²) in [5.74, 6) is -0.131. The fourth-order valence-electron chi connectivity index (χ4n) is 4.29. The molecule has 148 valence electrons. The lowest BCUT2D eigenvalue weighted by atomic mass is 9.81. The fourth-order valence-corrected chi connectivity index (χ4v) is 4.29. The van der Waals surface area contributed by atoms with Crippen molar-refractivity contribution in [3.8, 4) is 0 Å². The second-order valence-electron chi connectivity index (χ2n) is 7.79. The van der Waals surface area contributed by atoms with Crippen molar-refractivity contribution in [1.29, 1.82) is 0 Å². The van der Waals surface area contributed by atoms with Crippen molar-refractivity contribution >= 4 is 11.9 Å². The third-order valence-corrected chi connectivity index (χ3v) is 5.90. The highest BCUT2D eigenvalue weighted by atomic mass is 16.4. The maximum atomic E-state index is 12.7. The van der Waals surface area contributed by atoms with Crippen LogP contribution >= 0.6 is 0 Å². The molecule has 27 heavy (non-hydrogen) atoms. The second-order valence-corrected chi connectivity index (χ2v) is 7.79. The summed E-state index contributed by atoms with van der Waals surface area (Å²) in [6.07, 6.45) is 2.40. The molecule has 3 rings (SSSR count). The largest absolute Gasteiger partial charge is 0.481 e. The zero-order valence-electron chi connectivity index (χ0n) is 16.0. The van der Waals surface area contributed by atoms with Gasteiger partial charge >= 0.3 is 5.97 Å². The minimum Gasteiger partial charge on any atom is -0.481 e. The van der Waals surface area contributed by atoms with E-state index in [2.05, 4.69) is 10.2 Å². The molecule has 2 aliphatic rings. The van der Waals surface area contributed by atoms with Gasteiger partial charge in [-0.15, -0.1) is 0 Å². The van der Waals surface area contributed by atoms with Gasteiger partial charge in [-0.3, -0.25) is 9.59 Å². The van der Waals surface area contributed by atoms with Gasteiger partial charge in [-0.25, -0.2) is 0 Å². The Morgan fingerprint density at radius 1 is 1.07 bits per heavy atom. The van der Waals surface area contributed by atoms with Crippen molar-refractivity contribution < 1.29 is 14.7 Å². The summed E-state index contributed by atoms with van der Waals surface area (Å²) in [4.78, 5) is 28.4. The van der Waals surface area contributed by atoms with E-state index in [0.717, 1.165) is 51.1 Å². The van der Waals surface area contributed by atoms with Gasteiger partial charge in [0.25, 0.3) is 0 Å². The average Bonchev–Trinajstić information content (AvgIpc) is 2.68. The molecule has 1 aromatic rings.